The van der Waals surface area contributed by atoms with Gasteiger partial charge in [-0.1, -0.05) is 35.9 Å². The Morgan fingerprint density at radius 1 is 0.931 bits per heavy atom. The van der Waals surface area contributed by atoms with Crippen LogP contribution in [0.1, 0.15) is 11.1 Å². The first kappa shape index (κ1) is 20.4. The lowest BCUT2D eigenvalue weighted by atomic mass is 10.1. The zero-order chi connectivity index (χ0) is 20.8. The lowest BCUT2D eigenvalue weighted by molar-refractivity contribution is -0.384. The fourth-order valence-corrected chi connectivity index (χ4v) is 3.19. The van der Waals surface area contributed by atoms with Gasteiger partial charge in [0.15, 0.2) is 0 Å². The van der Waals surface area contributed by atoms with Crippen molar-refractivity contribution in [2.45, 2.75) is 13.1 Å². The molecule has 29 heavy (non-hydrogen) atoms. The van der Waals surface area contributed by atoms with Crippen molar-refractivity contribution in [3.63, 3.8) is 0 Å². The summed E-state index contributed by atoms with van der Waals surface area (Å²) >= 11 is 6.04. The molecule has 7 nitrogen and oxygen atoms in total. The molecule has 0 saturated carbocycles. The number of ether oxygens (including phenoxy) is 2. The highest BCUT2D eigenvalue weighted by molar-refractivity contribution is 6.32. The van der Waals surface area contributed by atoms with Crippen LogP contribution in [-0.2, 0) is 13.1 Å². The Morgan fingerprint density at radius 3 is 1.83 bits per heavy atom. The van der Waals surface area contributed by atoms with Crippen molar-refractivity contribution in [3.8, 4) is 11.5 Å². The summed E-state index contributed by atoms with van der Waals surface area (Å²) in [6.45, 7) is 0.883. The zero-order valence-corrected chi connectivity index (χ0v) is 16.8. The number of halogens is 1. The number of hydrogen-bond acceptors (Lipinski definition) is 6. The summed E-state index contributed by atoms with van der Waals surface area (Å²) in [5, 5.41) is 11.5. The van der Waals surface area contributed by atoms with Gasteiger partial charge in [0.05, 0.1) is 19.1 Å². The minimum absolute atomic E-state index is 0.137. The molecule has 0 amide bonds. The summed E-state index contributed by atoms with van der Waals surface area (Å²) in [4.78, 5) is 16.9. The molecule has 0 spiro atoms. The van der Waals surface area contributed by atoms with Crippen LogP contribution >= 0.6 is 11.6 Å². The molecule has 3 rings (SSSR count). The minimum atomic E-state index is -0.500. The molecular formula is C21H20ClN3O4. The van der Waals surface area contributed by atoms with Crippen LogP contribution in [0.3, 0.4) is 0 Å². The monoisotopic (exact) mass is 413 g/mol. The summed E-state index contributed by atoms with van der Waals surface area (Å²) in [5.41, 5.74) is 2.14. The minimum Gasteiger partial charge on any atom is -0.497 e. The highest BCUT2D eigenvalue weighted by Crippen LogP contribution is 2.35. The molecule has 150 valence electrons. The largest absolute Gasteiger partial charge is 0.497 e. The Kier molecular flexibility index (Phi) is 6.51. The fourth-order valence-electron chi connectivity index (χ4n) is 2.97. The van der Waals surface area contributed by atoms with Gasteiger partial charge in [-0.3, -0.25) is 10.1 Å². The molecule has 0 radical (unpaired) electrons. The second kappa shape index (κ2) is 9.25. The van der Waals surface area contributed by atoms with Crippen LogP contribution in [0.5, 0.6) is 11.5 Å². The topological polar surface area (TPSA) is 77.7 Å². The summed E-state index contributed by atoms with van der Waals surface area (Å²) in [5.74, 6) is 1.49. The standard InChI is InChI=1S/C21H20ClN3O4/c1-28-17-7-3-15(4-8-17)13-24(14-16-5-9-18(29-2)10-6-16)19-11-12-23-21(22)20(19)25(26)27/h3-12H,13-14H2,1-2H3. The van der Waals surface area contributed by atoms with E-state index in [1.807, 2.05) is 53.4 Å². The first-order chi connectivity index (χ1) is 14.0. The first-order valence-electron chi connectivity index (χ1n) is 8.81. The van der Waals surface area contributed by atoms with E-state index in [9.17, 15) is 10.1 Å². The van der Waals surface area contributed by atoms with Gasteiger partial charge in [0.2, 0.25) is 5.15 Å². The molecule has 0 saturated heterocycles. The van der Waals surface area contributed by atoms with Crippen molar-refractivity contribution in [3.05, 3.63) is 87.2 Å². The Labute approximate surface area is 173 Å². The number of aromatic nitrogens is 1. The quantitative estimate of drug-likeness (QED) is 0.298. The number of methoxy groups -OCH3 is 2. The van der Waals surface area contributed by atoms with E-state index >= 15 is 0 Å². The van der Waals surface area contributed by atoms with Crippen LogP contribution in [0, 0.1) is 10.1 Å². The Hall–Kier alpha value is -3.32. The normalized spacial score (nSPS) is 10.4. The number of hydrogen-bond donors (Lipinski definition) is 0. The summed E-state index contributed by atoms with van der Waals surface area (Å²) in [6, 6.07) is 16.7. The maximum Gasteiger partial charge on any atom is 0.329 e. The van der Waals surface area contributed by atoms with E-state index in [2.05, 4.69) is 4.98 Å². The van der Waals surface area contributed by atoms with Crippen LogP contribution < -0.4 is 14.4 Å². The second-order valence-corrected chi connectivity index (χ2v) is 6.64. The zero-order valence-electron chi connectivity index (χ0n) is 16.0. The van der Waals surface area contributed by atoms with Crippen molar-refractivity contribution in [2.24, 2.45) is 0 Å². The molecule has 1 heterocycles. The van der Waals surface area contributed by atoms with Gasteiger partial charge in [0, 0.05) is 19.3 Å². The smallest absolute Gasteiger partial charge is 0.329 e. The molecule has 0 unspecified atom stereocenters. The third kappa shape index (κ3) is 4.94. The molecule has 0 fully saturated rings. The highest BCUT2D eigenvalue weighted by atomic mass is 35.5. The Bertz CT molecular complexity index is 929. The average Bonchev–Trinajstić information content (AvgIpc) is 2.74. The van der Waals surface area contributed by atoms with Gasteiger partial charge in [0.1, 0.15) is 17.2 Å². The molecule has 3 aromatic rings. The Morgan fingerprint density at radius 2 is 1.41 bits per heavy atom. The van der Waals surface area contributed by atoms with Gasteiger partial charge in [-0.15, -0.1) is 0 Å². The number of rotatable bonds is 8. The number of nitro groups is 1. The molecule has 0 aliphatic rings. The average molecular weight is 414 g/mol. The van der Waals surface area contributed by atoms with E-state index in [0.717, 1.165) is 22.6 Å². The second-order valence-electron chi connectivity index (χ2n) is 6.28. The third-order valence-electron chi connectivity index (χ3n) is 4.45. The van der Waals surface area contributed by atoms with Crippen LogP contribution in [0.2, 0.25) is 5.15 Å². The van der Waals surface area contributed by atoms with Crippen molar-refractivity contribution in [2.75, 3.05) is 19.1 Å². The van der Waals surface area contributed by atoms with Crippen LogP contribution in [0.25, 0.3) is 0 Å². The third-order valence-corrected chi connectivity index (χ3v) is 4.72. The lowest BCUT2D eigenvalue weighted by Gasteiger charge is -2.25. The van der Waals surface area contributed by atoms with Crippen molar-refractivity contribution < 1.29 is 14.4 Å². The van der Waals surface area contributed by atoms with E-state index in [1.165, 1.54) is 6.20 Å². The number of pyridine rings is 1. The van der Waals surface area contributed by atoms with Crippen LogP contribution in [-0.4, -0.2) is 24.1 Å². The van der Waals surface area contributed by atoms with Crippen LogP contribution in [0.4, 0.5) is 11.4 Å². The molecule has 8 heteroatoms. The lowest BCUT2D eigenvalue weighted by Crippen LogP contribution is -2.23. The van der Waals surface area contributed by atoms with Gasteiger partial charge < -0.3 is 14.4 Å². The summed E-state index contributed by atoms with van der Waals surface area (Å²) in [6.07, 6.45) is 1.47. The molecule has 0 aliphatic carbocycles. The van der Waals surface area contributed by atoms with Gasteiger partial charge in [-0.2, -0.15) is 0 Å². The molecule has 0 bridgehead atoms. The molecule has 0 aliphatic heterocycles. The summed E-state index contributed by atoms with van der Waals surface area (Å²) < 4.78 is 10.4. The molecular weight excluding hydrogens is 394 g/mol. The van der Waals surface area contributed by atoms with E-state index in [4.69, 9.17) is 21.1 Å². The maximum atomic E-state index is 11.6. The van der Waals surface area contributed by atoms with Crippen molar-refractivity contribution in [1.82, 2.24) is 4.98 Å². The molecule has 2 aromatic carbocycles. The SMILES string of the molecule is COc1ccc(CN(Cc2ccc(OC)cc2)c2ccnc(Cl)c2[N+](=O)[O-])cc1. The van der Waals surface area contributed by atoms with Gasteiger partial charge >= 0.3 is 5.69 Å². The molecule has 0 atom stereocenters. The summed E-state index contributed by atoms with van der Waals surface area (Å²) in [7, 11) is 3.21. The van der Waals surface area contributed by atoms with E-state index in [0.29, 0.717) is 18.8 Å². The highest BCUT2D eigenvalue weighted by Gasteiger charge is 2.24. The van der Waals surface area contributed by atoms with E-state index in [1.54, 1.807) is 20.3 Å². The van der Waals surface area contributed by atoms with Crippen molar-refractivity contribution in [1.29, 1.82) is 0 Å². The maximum absolute atomic E-state index is 11.6. The predicted molar refractivity (Wildman–Crippen MR) is 112 cm³/mol. The molecule has 1 aromatic heterocycles. The van der Waals surface area contributed by atoms with E-state index < -0.39 is 4.92 Å². The van der Waals surface area contributed by atoms with E-state index in [-0.39, 0.29) is 10.8 Å². The first-order valence-corrected chi connectivity index (χ1v) is 9.19. The predicted octanol–water partition coefficient (Wildman–Crippen LogP) is 4.87. The number of nitrogens with zero attached hydrogens (tertiary/aromatic N) is 3. The fraction of sp³-hybridized carbons (Fsp3) is 0.190. The van der Waals surface area contributed by atoms with Gasteiger partial charge in [-0.25, -0.2) is 4.98 Å². The van der Waals surface area contributed by atoms with Crippen molar-refractivity contribution >= 4 is 23.0 Å². The Balaban J connectivity index is 1.98. The van der Waals surface area contributed by atoms with Gasteiger partial charge in [-0.05, 0) is 41.5 Å². The molecule has 0 N–H and O–H groups in total. The van der Waals surface area contributed by atoms with Gasteiger partial charge in [0.25, 0.3) is 0 Å². The van der Waals surface area contributed by atoms with Crippen LogP contribution in [0.15, 0.2) is 60.8 Å². The number of anilines is 1. The number of benzene rings is 2.